The summed E-state index contributed by atoms with van der Waals surface area (Å²) in [6.45, 7) is 2.19. The highest BCUT2D eigenvalue weighted by Crippen LogP contribution is 2.58. The minimum absolute atomic E-state index is 0.157. The van der Waals surface area contributed by atoms with Gasteiger partial charge in [0, 0.05) is 23.5 Å². The van der Waals surface area contributed by atoms with Crippen molar-refractivity contribution in [2.24, 2.45) is 5.92 Å². The van der Waals surface area contributed by atoms with Crippen LogP contribution in [0, 0.1) is 5.92 Å². The second-order valence-electron chi connectivity index (χ2n) is 8.82. The number of carbonyl (C=O) groups is 1. The van der Waals surface area contributed by atoms with Crippen LogP contribution in [0.5, 0.6) is 0 Å². The van der Waals surface area contributed by atoms with Gasteiger partial charge < -0.3 is 25.2 Å². The van der Waals surface area contributed by atoms with Crippen LogP contribution in [0.2, 0.25) is 0 Å². The number of rotatable bonds is 6. The first-order valence-electron chi connectivity index (χ1n) is 10.6. The molecule has 3 atom stereocenters. The van der Waals surface area contributed by atoms with Crippen molar-refractivity contribution in [3.63, 3.8) is 0 Å². The van der Waals surface area contributed by atoms with Crippen LogP contribution < -0.4 is 14.9 Å². The van der Waals surface area contributed by atoms with Gasteiger partial charge in [-0.2, -0.15) is 4.98 Å². The standard InChI is InChI=1S/C21H25N5O5S/c1-12-3-2-4-16(12)26-17-15(20(9-10-20)18(26)27)11-22-19(24-17)23-13-5-7-14(8-6-13)32(31)25-21(28,29)30/h5-8,11-12,16,25,28-30H,2-4,9-10H2,1H3,(H,22,23,24). The van der Waals surface area contributed by atoms with Crippen LogP contribution in [-0.2, 0) is 21.6 Å². The van der Waals surface area contributed by atoms with E-state index in [1.54, 1.807) is 23.1 Å². The van der Waals surface area contributed by atoms with Crippen LogP contribution in [0.3, 0.4) is 0 Å². The van der Waals surface area contributed by atoms with E-state index in [4.69, 9.17) is 20.3 Å². The summed E-state index contributed by atoms with van der Waals surface area (Å²) in [5, 5.41) is 29.8. The van der Waals surface area contributed by atoms with E-state index in [-0.39, 0.29) is 16.8 Å². The monoisotopic (exact) mass is 459 g/mol. The number of amides is 1. The summed E-state index contributed by atoms with van der Waals surface area (Å²) in [4.78, 5) is 24.6. The first-order chi connectivity index (χ1) is 15.2. The molecule has 1 aliphatic heterocycles. The molecule has 2 fully saturated rings. The summed E-state index contributed by atoms with van der Waals surface area (Å²) in [6.07, 6.45) is 3.41. The lowest BCUT2D eigenvalue weighted by atomic mass is 10.0. The van der Waals surface area contributed by atoms with Gasteiger partial charge in [-0.3, -0.25) is 9.69 Å². The molecule has 2 aromatic rings. The van der Waals surface area contributed by atoms with Crippen LogP contribution in [0.25, 0.3) is 0 Å². The van der Waals surface area contributed by atoms with E-state index in [0.717, 1.165) is 37.7 Å². The molecule has 11 heteroatoms. The Bertz CT molecular complexity index is 1040. The second-order valence-corrected chi connectivity index (χ2v) is 10.0. The van der Waals surface area contributed by atoms with Crippen LogP contribution in [0.1, 0.15) is 44.6 Å². The average Bonchev–Trinajstić information content (AvgIpc) is 3.38. The predicted molar refractivity (Wildman–Crippen MR) is 116 cm³/mol. The third-order valence-corrected chi connectivity index (χ3v) is 7.75. The molecule has 170 valence electrons. The lowest BCUT2D eigenvalue weighted by Gasteiger charge is -2.28. The molecule has 32 heavy (non-hydrogen) atoms. The minimum Gasteiger partial charge on any atom is -0.593 e. The van der Waals surface area contributed by atoms with E-state index in [1.807, 2.05) is 4.90 Å². The Morgan fingerprint density at radius 3 is 2.53 bits per heavy atom. The Kier molecular flexibility index (Phi) is 5.15. The second kappa shape index (κ2) is 7.65. The molecule has 5 N–H and O–H groups in total. The van der Waals surface area contributed by atoms with E-state index in [1.165, 1.54) is 12.1 Å². The maximum atomic E-state index is 13.3. The fourth-order valence-electron chi connectivity index (χ4n) is 4.80. The maximum Gasteiger partial charge on any atom is 0.384 e. The van der Waals surface area contributed by atoms with Crippen molar-refractivity contribution in [3.05, 3.63) is 36.0 Å². The number of nitrogens with one attached hydrogen (secondary N) is 2. The van der Waals surface area contributed by atoms with E-state index >= 15 is 0 Å². The summed E-state index contributed by atoms with van der Waals surface area (Å²) >= 11 is -2.03. The lowest BCUT2D eigenvalue weighted by molar-refractivity contribution is -0.318. The topological polar surface area (TPSA) is 154 Å². The van der Waals surface area contributed by atoms with Gasteiger partial charge in [0.15, 0.2) is 4.90 Å². The Balaban J connectivity index is 1.38. The molecular formula is C21H25N5O5S. The van der Waals surface area contributed by atoms with Crippen LogP contribution in [0.15, 0.2) is 35.4 Å². The molecule has 1 aromatic carbocycles. The van der Waals surface area contributed by atoms with Crippen molar-refractivity contribution in [2.75, 3.05) is 10.2 Å². The highest BCUT2D eigenvalue weighted by atomic mass is 32.2. The van der Waals surface area contributed by atoms with E-state index < -0.39 is 22.9 Å². The molecular weight excluding hydrogens is 434 g/mol. The largest absolute Gasteiger partial charge is 0.593 e. The molecule has 3 unspecified atom stereocenters. The zero-order chi connectivity index (χ0) is 22.7. The fourth-order valence-corrected chi connectivity index (χ4v) is 5.55. The van der Waals surface area contributed by atoms with Crippen molar-refractivity contribution in [1.82, 2.24) is 14.7 Å². The Hall–Kier alpha value is -2.28. The van der Waals surface area contributed by atoms with Crippen LogP contribution in [0.4, 0.5) is 17.5 Å². The van der Waals surface area contributed by atoms with Crippen molar-refractivity contribution >= 4 is 34.7 Å². The van der Waals surface area contributed by atoms with Gasteiger partial charge in [0.25, 0.3) is 0 Å². The molecule has 1 spiro atoms. The minimum atomic E-state index is -3.24. The molecule has 5 rings (SSSR count). The van der Waals surface area contributed by atoms with Gasteiger partial charge >= 0.3 is 6.10 Å². The summed E-state index contributed by atoms with van der Waals surface area (Å²) in [5.74, 6) is 1.65. The molecule has 1 amide bonds. The van der Waals surface area contributed by atoms with Crippen LogP contribution >= 0.6 is 0 Å². The van der Waals surface area contributed by atoms with Crippen molar-refractivity contribution < 1.29 is 24.7 Å². The molecule has 2 aliphatic carbocycles. The number of aliphatic hydroxyl groups is 3. The fraction of sp³-hybridized carbons (Fsp3) is 0.476. The number of anilines is 3. The molecule has 0 bridgehead atoms. The van der Waals surface area contributed by atoms with Gasteiger partial charge in [-0.25, -0.2) is 4.98 Å². The summed E-state index contributed by atoms with van der Waals surface area (Å²) < 4.78 is 13.7. The number of benzene rings is 1. The third-order valence-electron chi connectivity index (χ3n) is 6.59. The predicted octanol–water partition coefficient (Wildman–Crippen LogP) is 0.987. The molecule has 1 aromatic heterocycles. The molecule has 10 nitrogen and oxygen atoms in total. The number of hydrogen-bond acceptors (Lipinski definition) is 9. The Morgan fingerprint density at radius 2 is 1.94 bits per heavy atom. The summed E-state index contributed by atoms with van der Waals surface area (Å²) in [5.41, 5.74) is 1.11. The Labute approximate surface area is 188 Å². The quantitative estimate of drug-likeness (QED) is 0.314. The zero-order valence-corrected chi connectivity index (χ0v) is 18.3. The summed E-state index contributed by atoms with van der Waals surface area (Å²) in [7, 11) is 0. The number of carbonyl (C=O) groups excluding carboxylic acids is 1. The van der Waals surface area contributed by atoms with Gasteiger partial charge in [-0.1, -0.05) is 13.3 Å². The molecule has 0 saturated heterocycles. The zero-order valence-electron chi connectivity index (χ0n) is 17.5. The maximum absolute atomic E-state index is 13.3. The third kappa shape index (κ3) is 3.74. The van der Waals surface area contributed by atoms with Crippen LogP contribution in [-0.4, -0.2) is 47.9 Å². The first kappa shape index (κ1) is 21.6. The van der Waals surface area contributed by atoms with Crippen molar-refractivity contribution in [3.8, 4) is 0 Å². The average molecular weight is 460 g/mol. The summed E-state index contributed by atoms with van der Waals surface area (Å²) in [6, 6.07) is 6.43. The van der Waals surface area contributed by atoms with Crippen molar-refractivity contribution in [2.45, 2.75) is 61.5 Å². The lowest BCUT2D eigenvalue weighted by Crippen LogP contribution is -2.47. The number of hydrogen-bond donors (Lipinski definition) is 5. The van der Waals surface area contributed by atoms with E-state index in [0.29, 0.717) is 23.4 Å². The van der Waals surface area contributed by atoms with E-state index in [9.17, 15) is 9.35 Å². The molecule has 2 saturated carbocycles. The number of fused-ring (bicyclic) bond motifs is 2. The highest BCUT2D eigenvalue weighted by Gasteiger charge is 2.61. The number of nitrogens with zero attached hydrogens (tertiary/aromatic N) is 3. The van der Waals surface area contributed by atoms with Gasteiger partial charge in [0.2, 0.25) is 11.9 Å². The highest BCUT2D eigenvalue weighted by molar-refractivity contribution is 7.89. The van der Waals surface area contributed by atoms with Gasteiger partial charge in [0.1, 0.15) is 5.82 Å². The molecule has 0 radical (unpaired) electrons. The van der Waals surface area contributed by atoms with Crippen molar-refractivity contribution in [1.29, 1.82) is 0 Å². The first-order valence-corrected chi connectivity index (χ1v) is 11.8. The SMILES string of the molecule is CC1CCCC1N1C(=O)C2(CC2)c2cnc(Nc3ccc([S+]([O-])NC(O)(O)O)cc3)nc21. The smallest absolute Gasteiger partial charge is 0.384 e. The van der Waals surface area contributed by atoms with Gasteiger partial charge in [-0.15, -0.1) is 0 Å². The van der Waals surface area contributed by atoms with Gasteiger partial charge in [-0.05, 0) is 60.6 Å². The molecule has 2 heterocycles. The number of aromatic nitrogens is 2. The van der Waals surface area contributed by atoms with E-state index in [2.05, 4.69) is 17.2 Å². The van der Waals surface area contributed by atoms with Gasteiger partial charge in [0.05, 0.1) is 16.8 Å². The Morgan fingerprint density at radius 1 is 1.22 bits per heavy atom. The normalized spacial score (nSPS) is 24.7. The molecule has 3 aliphatic rings.